The Hall–Kier alpha value is -2.96. The van der Waals surface area contributed by atoms with Crippen molar-refractivity contribution in [1.82, 2.24) is 4.98 Å². The third-order valence-electron chi connectivity index (χ3n) is 4.36. The number of ether oxygens (including phenoxy) is 1. The van der Waals surface area contributed by atoms with E-state index >= 15 is 0 Å². The second-order valence-electron chi connectivity index (χ2n) is 7.63. The molecule has 7 heteroatoms. The van der Waals surface area contributed by atoms with Gasteiger partial charge in [-0.15, -0.1) is 0 Å². The first-order chi connectivity index (χ1) is 12.7. The molecule has 1 aliphatic rings. The van der Waals surface area contributed by atoms with E-state index in [1.54, 1.807) is 18.2 Å². The molecule has 7 nitrogen and oxygen atoms in total. The maximum atomic E-state index is 12.3. The van der Waals surface area contributed by atoms with Crippen LogP contribution in [-0.2, 0) is 9.53 Å². The summed E-state index contributed by atoms with van der Waals surface area (Å²) in [5, 5.41) is 11.4. The van der Waals surface area contributed by atoms with Crippen LogP contribution in [-0.4, -0.2) is 34.6 Å². The fourth-order valence-electron chi connectivity index (χ4n) is 3.12. The molecule has 1 atom stereocenters. The Kier molecular flexibility index (Phi) is 5.12. The molecule has 1 aromatic carbocycles. The highest BCUT2D eigenvalue weighted by Gasteiger charge is 2.33. The zero-order valence-corrected chi connectivity index (χ0v) is 15.7. The van der Waals surface area contributed by atoms with Gasteiger partial charge in [0.05, 0.1) is 10.8 Å². The number of esters is 1. The summed E-state index contributed by atoms with van der Waals surface area (Å²) in [5.74, 6) is 0.196. The van der Waals surface area contributed by atoms with E-state index in [9.17, 15) is 14.9 Å². The Morgan fingerprint density at radius 3 is 2.56 bits per heavy atom. The molecule has 0 bridgehead atoms. The minimum atomic E-state index is -0.517. The number of pyridine rings is 1. The molecule has 1 fully saturated rings. The van der Waals surface area contributed by atoms with Crippen LogP contribution in [0.25, 0.3) is 11.3 Å². The highest BCUT2D eigenvalue weighted by atomic mass is 16.6. The van der Waals surface area contributed by atoms with Crippen LogP contribution in [0.15, 0.2) is 42.5 Å². The van der Waals surface area contributed by atoms with E-state index in [1.165, 1.54) is 6.07 Å². The third-order valence-corrected chi connectivity index (χ3v) is 4.36. The summed E-state index contributed by atoms with van der Waals surface area (Å²) in [6.07, 6.45) is 0.675. The third kappa shape index (κ3) is 4.42. The lowest BCUT2D eigenvalue weighted by Crippen LogP contribution is -2.30. The second kappa shape index (κ2) is 7.34. The van der Waals surface area contributed by atoms with E-state index in [0.717, 1.165) is 0 Å². The van der Waals surface area contributed by atoms with Crippen molar-refractivity contribution in [3.63, 3.8) is 0 Å². The van der Waals surface area contributed by atoms with E-state index in [-0.39, 0.29) is 17.6 Å². The van der Waals surface area contributed by atoms with Crippen LogP contribution in [0.3, 0.4) is 0 Å². The summed E-state index contributed by atoms with van der Waals surface area (Å²) in [7, 11) is 0. The predicted octanol–water partition coefficient (Wildman–Crippen LogP) is 3.82. The Bertz CT molecular complexity index is 846. The number of carbonyl (C=O) groups excluding carboxylic acids is 1. The van der Waals surface area contributed by atoms with Crippen LogP contribution >= 0.6 is 0 Å². The minimum absolute atomic E-state index is 0.0344. The maximum Gasteiger partial charge on any atom is 0.311 e. The molecule has 2 aromatic rings. The number of aromatic nitrogens is 1. The number of benzene rings is 1. The van der Waals surface area contributed by atoms with E-state index in [2.05, 4.69) is 4.98 Å². The predicted molar refractivity (Wildman–Crippen MR) is 102 cm³/mol. The molecule has 0 N–H and O–H groups in total. The molecule has 1 aliphatic heterocycles. The maximum absolute atomic E-state index is 12.3. The summed E-state index contributed by atoms with van der Waals surface area (Å²) in [4.78, 5) is 29.8. The van der Waals surface area contributed by atoms with Crippen molar-refractivity contribution in [2.24, 2.45) is 5.92 Å². The standard InChI is InChI=1S/C20H23N3O4/c1-20(2,3)27-19(24)15-11-12-22(13-15)17-10-9-16(23(25)26)18(21-17)14-7-5-4-6-8-14/h4-10,15H,11-13H2,1-3H3. The summed E-state index contributed by atoms with van der Waals surface area (Å²) < 4.78 is 5.47. The van der Waals surface area contributed by atoms with Gasteiger partial charge in [-0.1, -0.05) is 30.3 Å². The van der Waals surface area contributed by atoms with E-state index in [0.29, 0.717) is 36.6 Å². The lowest BCUT2D eigenvalue weighted by Gasteiger charge is -2.22. The molecule has 0 radical (unpaired) electrons. The lowest BCUT2D eigenvalue weighted by atomic mass is 10.1. The molecule has 1 unspecified atom stereocenters. The van der Waals surface area contributed by atoms with Crippen molar-refractivity contribution in [1.29, 1.82) is 0 Å². The summed E-state index contributed by atoms with van der Waals surface area (Å²) in [5.41, 5.74) is 0.469. The van der Waals surface area contributed by atoms with Crippen LogP contribution < -0.4 is 4.90 Å². The normalized spacial score (nSPS) is 17.0. The zero-order valence-electron chi connectivity index (χ0n) is 15.7. The van der Waals surface area contributed by atoms with Crippen LogP contribution in [0.2, 0.25) is 0 Å². The van der Waals surface area contributed by atoms with Crippen molar-refractivity contribution in [2.75, 3.05) is 18.0 Å². The average molecular weight is 369 g/mol. The molecule has 0 amide bonds. The van der Waals surface area contributed by atoms with Crippen LogP contribution in [0, 0.1) is 16.0 Å². The fourth-order valence-corrected chi connectivity index (χ4v) is 3.12. The molecule has 0 spiro atoms. The number of anilines is 1. The topological polar surface area (TPSA) is 85.6 Å². The van der Waals surface area contributed by atoms with Gasteiger partial charge in [0.1, 0.15) is 11.4 Å². The number of hydrogen-bond donors (Lipinski definition) is 0. The summed E-state index contributed by atoms with van der Waals surface area (Å²) >= 11 is 0. The largest absolute Gasteiger partial charge is 0.460 e. The van der Waals surface area contributed by atoms with Crippen LogP contribution in [0.1, 0.15) is 27.2 Å². The minimum Gasteiger partial charge on any atom is -0.460 e. The Labute approximate surface area is 158 Å². The van der Waals surface area contributed by atoms with Gasteiger partial charge in [0.2, 0.25) is 0 Å². The number of hydrogen-bond acceptors (Lipinski definition) is 6. The van der Waals surface area contributed by atoms with E-state index in [4.69, 9.17) is 4.74 Å². The highest BCUT2D eigenvalue weighted by Crippen LogP contribution is 2.32. The Morgan fingerprint density at radius 2 is 1.93 bits per heavy atom. The number of nitro groups is 1. The average Bonchev–Trinajstić information content (AvgIpc) is 3.11. The van der Waals surface area contributed by atoms with E-state index in [1.807, 2.05) is 43.9 Å². The smallest absolute Gasteiger partial charge is 0.311 e. The monoisotopic (exact) mass is 369 g/mol. The van der Waals surface area contributed by atoms with Gasteiger partial charge in [-0.2, -0.15) is 0 Å². The Morgan fingerprint density at radius 1 is 1.22 bits per heavy atom. The van der Waals surface area contributed by atoms with Gasteiger partial charge in [0.15, 0.2) is 5.69 Å². The van der Waals surface area contributed by atoms with Crippen LogP contribution in [0.4, 0.5) is 11.5 Å². The molecule has 0 aliphatic carbocycles. The number of nitrogens with zero attached hydrogens (tertiary/aromatic N) is 3. The lowest BCUT2D eigenvalue weighted by molar-refractivity contribution is -0.384. The first kappa shape index (κ1) is 18.8. The van der Waals surface area contributed by atoms with Gasteiger partial charge in [-0.25, -0.2) is 4.98 Å². The van der Waals surface area contributed by atoms with Gasteiger partial charge < -0.3 is 9.64 Å². The number of rotatable bonds is 4. The molecule has 0 saturated carbocycles. The van der Waals surface area contributed by atoms with Crippen molar-refractivity contribution in [2.45, 2.75) is 32.8 Å². The van der Waals surface area contributed by atoms with Gasteiger partial charge in [0, 0.05) is 24.7 Å². The fraction of sp³-hybridized carbons (Fsp3) is 0.400. The molecule has 1 aromatic heterocycles. The van der Waals surface area contributed by atoms with Crippen LogP contribution in [0.5, 0.6) is 0 Å². The summed E-state index contributed by atoms with van der Waals surface area (Å²) in [6, 6.07) is 12.2. The summed E-state index contributed by atoms with van der Waals surface area (Å²) in [6.45, 7) is 6.70. The zero-order chi connectivity index (χ0) is 19.6. The quantitative estimate of drug-likeness (QED) is 0.463. The molecule has 142 valence electrons. The first-order valence-electron chi connectivity index (χ1n) is 8.93. The Balaban J connectivity index is 1.84. The molecule has 2 heterocycles. The second-order valence-corrected chi connectivity index (χ2v) is 7.63. The van der Waals surface area contributed by atoms with Gasteiger partial charge >= 0.3 is 5.97 Å². The van der Waals surface area contributed by atoms with Gasteiger partial charge in [-0.3, -0.25) is 14.9 Å². The van der Waals surface area contributed by atoms with Crippen molar-refractivity contribution >= 4 is 17.5 Å². The van der Waals surface area contributed by atoms with Crippen molar-refractivity contribution < 1.29 is 14.5 Å². The highest BCUT2D eigenvalue weighted by molar-refractivity contribution is 5.75. The van der Waals surface area contributed by atoms with Crippen molar-refractivity contribution in [3.8, 4) is 11.3 Å². The van der Waals surface area contributed by atoms with E-state index < -0.39 is 10.5 Å². The molecule has 27 heavy (non-hydrogen) atoms. The molecular weight excluding hydrogens is 346 g/mol. The molecule has 3 rings (SSSR count). The molecular formula is C20H23N3O4. The number of carbonyl (C=O) groups is 1. The molecule has 1 saturated heterocycles. The van der Waals surface area contributed by atoms with Gasteiger partial charge in [0.25, 0.3) is 5.69 Å². The van der Waals surface area contributed by atoms with Crippen molar-refractivity contribution in [3.05, 3.63) is 52.6 Å². The first-order valence-corrected chi connectivity index (χ1v) is 8.93. The van der Waals surface area contributed by atoms with Gasteiger partial charge in [-0.05, 0) is 33.3 Å². The SMILES string of the molecule is CC(C)(C)OC(=O)C1CCN(c2ccc([N+](=O)[O-])c(-c3ccccc3)n2)C1.